The number of para-hydroxylation sites is 1. The Kier molecular flexibility index (Phi) is 6.51. The number of carbonyl (C=O) groups is 2. The van der Waals surface area contributed by atoms with E-state index in [4.69, 9.17) is 14.2 Å². The van der Waals surface area contributed by atoms with E-state index in [2.05, 4.69) is 10.6 Å². The van der Waals surface area contributed by atoms with E-state index < -0.39 is 0 Å². The monoisotopic (exact) mass is 370 g/mol. The molecule has 2 N–H and O–H groups in total. The summed E-state index contributed by atoms with van der Waals surface area (Å²) in [5, 5.41) is 5.37. The van der Waals surface area contributed by atoms with Gasteiger partial charge in [-0.1, -0.05) is 18.2 Å². The van der Waals surface area contributed by atoms with Crippen LogP contribution in [0, 0.1) is 0 Å². The third-order valence-electron chi connectivity index (χ3n) is 3.95. The summed E-state index contributed by atoms with van der Waals surface area (Å²) in [7, 11) is 0. The first-order chi connectivity index (χ1) is 13.2. The fourth-order valence-electron chi connectivity index (χ4n) is 2.52. The van der Waals surface area contributed by atoms with Crippen LogP contribution in [0.2, 0.25) is 0 Å². The lowest BCUT2D eigenvalue weighted by Crippen LogP contribution is -2.37. The zero-order chi connectivity index (χ0) is 18.9. The predicted molar refractivity (Wildman–Crippen MR) is 99.1 cm³/mol. The van der Waals surface area contributed by atoms with Crippen LogP contribution in [0.1, 0.15) is 23.2 Å². The molecule has 2 aromatic rings. The Labute approximate surface area is 157 Å². The molecule has 0 unspecified atom stereocenters. The molecule has 27 heavy (non-hydrogen) atoms. The molecule has 1 heterocycles. The van der Waals surface area contributed by atoms with Gasteiger partial charge in [-0.25, -0.2) is 0 Å². The van der Waals surface area contributed by atoms with Crippen LogP contribution in [0.5, 0.6) is 17.2 Å². The number of fused-ring (bicyclic) bond motifs is 1. The number of amides is 2. The van der Waals surface area contributed by atoms with E-state index >= 15 is 0 Å². The van der Waals surface area contributed by atoms with Crippen LogP contribution >= 0.6 is 0 Å². The maximum atomic E-state index is 12.1. The molecule has 0 fully saturated rings. The van der Waals surface area contributed by atoms with Crippen LogP contribution in [0.25, 0.3) is 0 Å². The molecule has 7 nitrogen and oxygen atoms in total. The maximum Gasteiger partial charge on any atom is 0.251 e. The summed E-state index contributed by atoms with van der Waals surface area (Å²) in [5.41, 5.74) is 0.421. The molecule has 3 rings (SSSR count). The second-order valence-electron chi connectivity index (χ2n) is 5.97. The van der Waals surface area contributed by atoms with Crippen molar-refractivity contribution < 1.29 is 23.8 Å². The zero-order valence-electron chi connectivity index (χ0n) is 14.9. The number of rotatable bonds is 9. The first kappa shape index (κ1) is 18.6. The number of carbonyl (C=O) groups excluding carboxylic acids is 2. The summed E-state index contributed by atoms with van der Waals surface area (Å²) in [5.74, 6) is 1.42. The molecular formula is C20H22N2O5. The van der Waals surface area contributed by atoms with Crippen molar-refractivity contribution in [2.45, 2.75) is 12.8 Å². The Morgan fingerprint density at radius 1 is 0.963 bits per heavy atom. The van der Waals surface area contributed by atoms with E-state index in [9.17, 15) is 9.59 Å². The van der Waals surface area contributed by atoms with Crippen LogP contribution in [-0.2, 0) is 4.79 Å². The molecule has 0 radical (unpaired) electrons. The van der Waals surface area contributed by atoms with E-state index in [0.29, 0.717) is 30.2 Å². The highest BCUT2D eigenvalue weighted by molar-refractivity contribution is 5.97. The van der Waals surface area contributed by atoms with Crippen LogP contribution in [0.4, 0.5) is 0 Å². The van der Waals surface area contributed by atoms with Crippen molar-refractivity contribution in [1.82, 2.24) is 10.6 Å². The van der Waals surface area contributed by atoms with Crippen LogP contribution in [-0.4, -0.2) is 38.3 Å². The Hall–Kier alpha value is -3.22. The van der Waals surface area contributed by atoms with Gasteiger partial charge in [0.25, 0.3) is 5.91 Å². The van der Waals surface area contributed by atoms with Gasteiger partial charge in [-0.05, 0) is 43.2 Å². The van der Waals surface area contributed by atoms with E-state index in [-0.39, 0.29) is 25.2 Å². The number of unbranched alkanes of at least 4 members (excludes halogenated alkanes) is 1. The number of benzene rings is 2. The van der Waals surface area contributed by atoms with Crippen molar-refractivity contribution in [3.8, 4) is 17.2 Å². The average Bonchev–Trinajstić information content (AvgIpc) is 3.17. The highest BCUT2D eigenvalue weighted by Gasteiger charge is 2.16. The van der Waals surface area contributed by atoms with Crippen LogP contribution in [0.15, 0.2) is 48.5 Å². The van der Waals surface area contributed by atoms with Crippen LogP contribution < -0.4 is 24.8 Å². The van der Waals surface area contributed by atoms with Gasteiger partial charge in [-0.3, -0.25) is 9.59 Å². The highest BCUT2D eigenvalue weighted by Crippen LogP contribution is 2.32. The number of ether oxygens (including phenoxy) is 3. The Bertz CT molecular complexity index is 779. The predicted octanol–water partition coefficient (Wildman–Crippen LogP) is 2.12. The fourth-order valence-corrected chi connectivity index (χ4v) is 2.52. The van der Waals surface area contributed by atoms with Gasteiger partial charge in [0, 0.05) is 12.1 Å². The van der Waals surface area contributed by atoms with Crippen molar-refractivity contribution in [2.75, 3.05) is 26.5 Å². The first-order valence-electron chi connectivity index (χ1n) is 8.85. The Morgan fingerprint density at radius 2 is 1.78 bits per heavy atom. The van der Waals surface area contributed by atoms with Gasteiger partial charge in [0.05, 0.1) is 13.2 Å². The molecule has 0 bridgehead atoms. The van der Waals surface area contributed by atoms with Gasteiger partial charge >= 0.3 is 0 Å². The quantitative estimate of drug-likeness (QED) is 0.661. The standard InChI is InChI=1S/C20H22N2O5/c23-19(21-10-4-5-11-25-16-6-2-1-3-7-16)13-22-20(24)15-8-9-17-18(12-15)27-14-26-17/h1-3,6-9,12H,4-5,10-11,13-14H2,(H,21,23)(H,22,24). The first-order valence-corrected chi connectivity index (χ1v) is 8.85. The van der Waals surface area contributed by atoms with E-state index in [1.807, 2.05) is 30.3 Å². The van der Waals surface area contributed by atoms with Gasteiger partial charge in [0.15, 0.2) is 11.5 Å². The van der Waals surface area contributed by atoms with Crippen molar-refractivity contribution in [3.05, 3.63) is 54.1 Å². The summed E-state index contributed by atoms with van der Waals surface area (Å²) < 4.78 is 16.0. The third-order valence-corrected chi connectivity index (χ3v) is 3.95. The minimum absolute atomic E-state index is 0.0756. The van der Waals surface area contributed by atoms with E-state index in [1.165, 1.54) is 0 Å². The third kappa shape index (κ3) is 5.64. The number of nitrogens with one attached hydrogen (secondary N) is 2. The molecule has 0 saturated carbocycles. The lowest BCUT2D eigenvalue weighted by atomic mass is 10.2. The molecule has 142 valence electrons. The molecule has 7 heteroatoms. The van der Waals surface area contributed by atoms with Crippen molar-refractivity contribution in [1.29, 1.82) is 0 Å². The Balaban J connectivity index is 1.27. The van der Waals surface area contributed by atoms with Gasteiger partial charge in [-0.2, -0.15) is 0 Å². The summed E-state index contributed by atoms with van der Waals surface area (Å²) >= 11 is 0. The molecule has 0 aromatic heterocycles. The van der Waals surface area contributed by atoms with Gasteiger partial charge in [0.1, 0.15) is 5.75 Å². The Morgan fingerprint density at radius 3 is 2.63 bits per heavy atom. The topological polar surface area (TPSA) is 85.9 Å². The second kappa shape index (κ2) is 9.47. The van der Waals surface area contributed by atoms with E-state index in [0.717, 1.165) is 18.6 Å². The molecule has 0 atom stereocenters. The molecule has 2 amide bonds. The summed E-state index contributed by atoms with van der Waals surface area (Å²) in [4.78, 5) is 23.9. The molecule has 1 aliphatic rings. The molecule has 2 aromatic carbocycles. The van der Waals surface area contributed by atoms with Gasteiger partial charge in [0.2, 0.25) is 12.7 Å². The average molecular weight is 370 g/mol. The fraction of sp³-hybridized carbons (Fsp3) is 0.300. The largest absolute Gasteiger partial charge is 0.494 e. The van der Waals surface area contributed by atoms with Gasteiger partial charge in [-0.15, -0.1) is 0 Å². The second-order valence-corrected chi connectivity index (χ2v) is 5.97. The lowest BCUT2D eigenvalue weighted by molar-refractivity contribution is -0.120. The van der Waals surface area contributed by atoms with Crippen LogP contribution in [0.3, 0.4) is 0 Å². The molecular weight excluding hydrogens is 348 g/mol. The maximum absolute atomic E-state index is 12.1. The zero-order valence-corrected chi connectivity index (χ0v) is 14.9. The minimum Gasteiger partial charge on any atom is -0.494 e. The SMILES string of the molecule is O=C(CNC(=O)c1ccc2c(c1)OCO2)NCCCCOc1ccccc1. The van der Waals surface area contributed by atoms with E-state index in [1.54, 1.807) is 18.2 Å². The highest BCUT2D eigenvalue weighted by atomic mass is 16.7. The lowest BCUT2D eigenvalue weighted by Gasteiger charge is -2.08. The molecule has 0 saturated heterocycles. The molecule has 1 aliphatic heterocycles. The minimum atomic E-state index is -0.334. The number of hydrogen-bond donors (Lipinski definition) is 2. The normalized spacial score (nSPS) is 11.7. The van der Waals surface area contributed by atoms with Crippen molar-refractivity contribution in [2.24, 2.45) is 0 Å². The smallest absolute Gasteiger partial charge is 0.251 e. The molecule has 0 aliphatic carbocycles. The molecule has 0 spiro atoms. The summed E-state index contributed by atoms with van der Waals surface area (Å²) in [6, 6.07) is 14.5. The van der Waals surface area contributed by atoms with Gasteiger partial charge < -0.3 is 24.8 Å². The summed E-state index contributed by atoms with van der Waals surface area (Å²) in [6.07, 6.45) is 1.63. The van der Waals surface area contributed by atoms with Crippen molar-refractivity contribution >= 4 is 11.8 Å². The van der Waals surface area contributed by atoms with Crippen molar-refractivity contribution in [3.63, 3.8) is 0 Å². The number of hydrogen-bond acceptors (Lipinski definition) is 5. The summed E-state index contributed by atoms with van der Waals surface area (Å²) in [6.45, 7) is 1.21.